The normalized spacial score (nSPS) is 27.2. The molecular weight excluding hydrogens is 254 g/mol. The molecule has 0 saturated carbocycles. The van der Waals surface area contributed by atoms with E-state index in [0.29, 0.717) is 0 Å². The Morgan fingerprint density at radius 1 is 1.20 bits per heavy atom. The number of urea groups is 1. The minimum Gasteiger partial charge on any atom is -0.326 e. The zero-order chi connectivity index (χ0) is 13.9. The van der Waals surface area contributed by atoms with E-state index in [1.807, 2.05) is 18.2 Å². The van der Waals surface area contributed by atoms with Crippen molar-refractivity contribution >= 4 is 11.9 Å². The van der Waals surface area contributed by atoms with Crippen LogP contribution in [0, 0.1) is 5.92 Å². The lowest BCUT2D eigenvalue weighted by atomic mass is 9.90. The molecule has 2 N–H and O–H groups in total. The SMILES string of the molecule is O=C1NC(=O)C(C2CCCN(Cc3ccccc3)C2)N1. The van der Waals surface area contributed by atoms with Crippen molar-refractivity contribution in [1.82, 2.24) is 15.5 Å². The van der Waals surface area contributed by atoms with Crippen LogP contribution in [0.1, 0.15) is 18.4 Å². The Labute approximate surface area is 118 Å². The highest BCUT2D eigenvalue weighted by Gasteiger charge is 2.37. The second kappa shape index (κ2) is 5.63. The number of nitrogens with one attached hydrogen (secondary N) is 2. The van der Waals surface area contributed by atoms with Gasteiger partial charge in [0.25, 0.3) is 5.91 Å². The molecule has 0 radical (unpaired) electrons. The number of benzene rings is 1. The fraction of sp³-hybridized carbons (Fsp3) is 0.467. The fourth-order valence-electron chi connectivity index (χ4n) is 3.11. The van der Waals surface area contributed by atoms with Crippen molar-refractivity contribution in [3.8, 4) is 0 Å². The summed E-state index contributed by atoms with van der Waals surface area (Å²) in [5, 5.41) is 5.05. The number of nitrogens with zero attached hydrogens (tertiary/aromatic N) is 1. The third kappa shape index (κ3) is 2.82. The molecule has 2 atom stereocenters. The average molecular weight is 273 g/mol. The Bertz CT molecular complexity index is 503. The lowest BCUT2D eigenvalue weighted by molar-refractivity contribution is -0.121. The monoisotopic (exact) mass is 273 g/mol. The molecule has 1 aromatic rings. The number of amides is 3. The molecule has 1 aromatic carbocycles. The van der Waals surface area contributed by atoms with E-state index in [1.54, 1.807) is 0 Å². The molecule has 20 heavy (non-hydrogen) atoms. The molecule has 2 aliphatic rings. The molecular formula is C15H19N3O2. The zero-order valence-corrected chi connectivity index (χ0v) is 11.3. The Kier molecular flexibility index (Phi) is 3.69. The Morgan fingerprint density at radius 3 is 2.70 bits per heavy atom. The third-order valence-electron chi connectivity index (χ3n) is 4.07. The van der Waals surface area contributed by atoms with Crippen LogP contribution in [0.25, 0.3) is 0 Å². The molecule has 2 unspecified atom stereocenters. The summed E-state index contributed by atoms with van der Waals surface area (Å²) in [7, 11) is 0. The fourth-order valence-corrected chi connectivity index (χ4v) is 3.11. The number of carbonyl (C=O) groups excluding carboxylic acids is 2. The highest BCUT2D eigenvalue weighted by Crippen LogP contribution is 2.22. The first-order chi connectivity index (χ1) is 9.72. The van der Waals surface area contributed by atoms with Crippen LogP contribution in [0.15, 0.2) is 30.3 Å². The molecule has 2 fully saturated rings. The molecule has 3 amide bonds. The van der Waals surface area contributed by atoms with Crippen LogP contribution in [0.5, 0.6) is 0 Å². The molecule has 5 nitrogen and oxygen atoms in total. The maximum atomic E-state index is 11.7. The van der Waals surface area contributed by atoms with E-state index in [4.69, 9.17) is 0 Å². The van der Waals surface area contributed by atoms with Crippen molar-refractivity contribution in [2.24, 2.45) is 5.92 Å². The number of hydrogen-bond acceptors (Lipinski definition) is 3. The Balaban J connectivity index is 1.62. The van der Waals surface area contributed by atoms with Gasteiger partial charge in [-0.05, 0) is 24.9 Å². The first-order valence-electron chi connectivity index (χ1n) is 7.10. The van der Waals surface area contributed by atoms with Crippen molar-refractivity contribution in [3.63, 3.8) is 0 Å². The number of carbonyl (C=O) groups is 2. The van der Waals surface area contributed by atoms with Gasteiger partial charge in [0, 0.05) is 19.0 Å². The largest absolute Gasteiger partial charge is 0.326 e. The number of imide groups is 1. The van der Waals surface area contributed by atoms with Crippen LogP contribution in [0.4, 0.5) is 4.79 Å². The maximum Gasteiger partial charge on any atom is 0.322 e. The number of likely N-dealkylation sites (tertiary alicyclic amines) is 1. The van der Waals surface area contributed by atoms with Gasteiger partial charge in [-0.25, -0.2) is 4.79 Å². The van der Waals surface area contributed by atoms with Crippen molar-refractivity contribution in [2.45, 2.75) is 25.4 Å². The highest BCUT2D eigenvalue weighted by atomic mass is 16.2. The standard InChI is InChI=1S/C15H19N3O2/c19-14-13(16-15(20)17-14)12-7-4-8-18(10-12)9-11-5-2-1-3-6-11/h1-3,5-6,12-13H,4,7-10H2,(H2,16,17,19,20). The van der Waals surface area contributed by atoms with Gasteiger partial charge in [-0.15, -0.1) is 0 Å². The van der Waals surface area contributed by atoms with Crippen molar-refractivity contribution in [3.05, 3.63) is 35.9 Å². The van der Waals surface area contributed by atoms with Gasteiger partial charge in [-0.2, -0.15) is 0 Å². The van der Waals surface area contributed by atoms with Gasteiger partial charge in [-0.1, -0.05) is 30.3 Å². The second-order valence-corrected chi connectivity index (χ2v) is 5.56. The molecule has 106 valence electrons. The molecule has 0 aliphatic carbocycles. The second-order valence-electron chi connectivity index (χ2n) is 5.56. The van der Waals surface area contributed by atoms with Gasteiger partial charge in [0.15, 0.2) is 0 Å². The maximum absolute atomic E-state index is 11.7. The summed E-state index contributed by atoms with van der Waals surface area (Å²) in [6.45, 7) is 2.81. The molecule has 2 aliphatic heterocycles. The van der Waals surface area contributed by atoms with Gasteiger partial charge < -0.3 is 5.32 Å². The average Bonchev–Trinajstić information content (AvgIpc) is 2.79. The van der Waals surface area contributed by atoms with Crippen LogP contribution in [-0.2, 0) is 11.3 Å². The molecule has 2 saturated heterocycles. The van der Waals surface area contributed by atoms with Crippen LogP contribution >= 0.6 is 0 Å². The Morgan fingerprint density at radius 2 is 2.00 bits per heavy atom. The van der Waals surface area contributed by atoms with Gasteiger partial charge in [0.2, 0.25) is 0 Å². The van der Waals surface area contributed by atoms with Gasteiger partial charge in [0.05, 0.1) is 0 Å². The summed E-state index contributed by atoms with van der Waals surface area (Å²) >= 11 is 0. The first kappa shape index (κ1) is 13.1. The summed E-state index contributed by atoms with van der Waals surface area (Å²) < 4.78 is 0. The lowest BCUT2D eigenvalue weighted by Crippen LogP contribution is -2.46. The summed E-state index contributed by atoms with van der Waals surface area (Å²) in [5.74, 6) is 0.0282. The molecule has 0 spiro atoms. The van der Waals surface area contributed by atoms with E-state index in [0.717, 1.165) is 32.5 Å². The van der Waals surface area contributed by atoms with Crippen LogP contribution in [-0.4, -0.2) is 36.0 Å². The van der Waals surface area contributed by atoms with Gasteiger partial charge in [0.1, 0.15) is 6.04 Å². The van der Waals surface area contributed by atoms with E-state index in [9.17, 15) is 9.59 Å². The number of rotatable bonds is 3. The highest BCUT2D eigenvalue weighted by molar-refractivity contribution is 6.04. The number of hydrogen-bond donors (Lipinski definition) is 2. The molecule has 0 aromatic heterocycles. The minimum atomic E-state index is -0.361. The quantitative estimate of drug-likeness (QED) is 0.811. The minimum absolute atomic E-state index is 0.179. The predicted octanol–water partition coefficient (Wildman–Crippen LogP) is 1.11. The molecule has 3 rings (SSSR count). The van der Waals surface area contributed by atoms with E-state index < -0.39 is 0 Å². The molecule has 5 heteroatoms. The topological polar surface area (TPSA) is 61.4 Å². The molecule has 0 bridgehead atoms. The summed E-state index contributed by atoms with van der Waals surface area (Å²) in [4.78, 5) is 25.3. The van der Waals surface area contributed by atoms with Crippen LogP contribution in [0.3, 0.4) is 0 Å². The predicted molar refractivity (Wildman–Crippen MR) is 74.9 cm³/mol. The van der Waals surface area contributed by atoms with Gasteiger partial charge in [-0.3, -0.25) is 15.0 Å². The smallest absolute Gasteiger partial charge is 0.322 e. The Hall–Kier alpha value is -1.88. The summed E-state index contributed by atoms with van der Waals surface area (Å²) in [5.41, 5.74) is 1.29. The van der Waals surface area contributed by atoms with Crippen molar-refractivity contribution in [1.29, 1.82) is 0 Å². The van der Waals surface area contributed by atoms with Crippen molar-refractivity contribution in [2.75, 3.05) is 13.1 Å². The molecule has 2 heterocycles. The van der Waals surface area contributed by atoms with E-state index in [-0.39, 0.29) is 23.9 Å². The van der Waals surface area contributed by atoms with E-state index in [1.165, 1.54) is 5.56 Å². The zero-order valence-electron chi connectivity index (χ0n) is 11.3. The lowest BCUT2D eigenvalue weighted by Gasteiger charge is -2.34. The van der Waals surface area contributed by atoms with Gasteiger partial charge >= 0.3 is 6.03 Å². The summed E-state index contributed by atoms with van der Waals surface area (Å²) in [6.07, 6.45) is 2.06. The van der Waals surface area contributed by atoms with Crippen molar-refractivity contribution < 1.29 is 9.59 Å². The van der Waals surface area contributed by atoms with Crippen LogP contribution < -0.4 is 10.6 Å². The first-order valence-corrected chi connectivity index (χ1v) is 7.10. The summed E-state index contributed by atoms with van der Waals surface area (Å²) in [6, 6.07) is 9.62. The number of piperidine rings is 1. The third-order valence-corrected chi connectivity index (χ3v) is 4.07. The van der Waals surface area contributed by atoms with E-state index >= 15 is 0 Å². The van der Waals surface area contributed by atoms with Crippen LogP contribution in [0.2, 0.25) is 0 Å². The van der Waals surface area contributed by atoms with E-state index in [2.05, 4.69) is 27.7 Å².